The zero-order valence-electron chi connectivity index (χ0n) is 12.2. The highest BCUT2D eigenvalue weighted by Crippen LogP contribution is 2.20. The summed E-state index contributed by atoms with van der Waals surface area (Å²) in [5.41, 5.74) is 7.39. The van der Waals surface area contributed by atoms with Crippen LogP contribution in [0.2, 0.25) is 0 Å². The summed E-state index contributed by atoms with van der Waals surface area (Å²) < 4.78 is 0. The number of pyridine rings is 1. The zero-order valence-corrected chi connectivity index (χ0v) is 12.2. The topological polar surface area (TPSA) is 45.4 Å². The smallest absolute Gasteiger partial charge is 0.131 e. The van der Waals surface area contributed by atoms with Gasteiger partial charge >= 0.3 is 0 Å². The fraction of sp³-hybridized carbons (Fsp3) is 0.667. The minimum Gasteiger partial charge on any atom is -0.354 e. The van der Waals surface area contributed by atoms with Crippen LogP contribution in [0.15, 0.2) is 18.3 Å². The Kier molecular flexibility index (Phi) is 5.16. The van der Waals surface area contributed by atoms with Crippen molar-refractivity contribution < 1.29 is 0 Å². The Morgan fingerprint density at radius 1 is 1.26 bits per heavy atom. The predicted octanol–water partition coefficient (Wildman–Crippen LogP) is 1.50. The molecule has 0 bridgehead atoms. The van der Waals surface area contributed by atoms with Crippen molar-refractivity contribution in [1.29, 1.82) is 0 Å². The van der Waals surface area contributed by atoms with Gasteiger partial charge < -0.3 is 15.5 Å². The van der Waals surface area contributed by atoms with Gasteiger partial charge in [0.2, 0.25) is 0 Å². The van der Waals surface area contributed by atoms with Gasteiger partial charge in [0.25, 0.3) is 0 Å². The second kappa shape index (κ2) is 6.87. The van der Waals surface area contributed by atoms with Gasteiger partial charge in [-0.2, -0.15) is 0 Å². The van der Waals surface area contributed by atoms with Crippen molar-refractivity contribution >= 4 is 5.82 Å². The van der Waals surface area contributed by atoms with Crippen molar-refractivity contribution in [1.82, 2.24) is 9.88 Å². The van der Waals surface area contributed by atoms with Crippen molar-refractivity contribution in [2.75, 3.05) is 37.6 Å². The van der Waals surface area contributed by atoms with E-state index in [4.69, 9.17) is 5.73 Å². The Labute approximate surface area is 116 Å². The lowest BCUT2D eigenvalue weighted by Gasteiger charge is -2.35. The van der Waals surface area contributed by atoms with Crippen LogP contribution < -0.4 is 10.6 Å². The van der Waals surface area contributed by atoms with Gasteiger partial charge in [-0.15, -0.1) is 0 Å². The molecule has 0 aliphatic carbocycles. The number of piperazine rings is 1. The van der Waals surface area contributed by atoms with E-state index in [1.54, 1.807) is 0 Å². The minimum absolute atomic E-state index is 0.236. The molecule has 0 aromatic carbocycles. The van der Waals surface area contributed by atoms with Crippen LogP contribution >= 0.6 is 0 Å². The van der Waals surface area contributed by atoms with E-state index in [9.17, 15) is 0 Å². The molecule has 19 heavy (non-hydrogen) atoms. The fourth-order valence-corrected chi connectivity index (χ4v) is 2.58. The molecule has 1 aliphatic rings. The molecule has 4 nitrogen and oxygen atoms in total. The molecule has 2 heterocycles. The third-order valence-electron chi connectivity index (χ3n) is 3.99. The van der Waals surface area contributed by atoms with Gasteiger partial charge in [0.05, 0.1) is 0 Å². The molecule has 1 unspecified atom stereocenters. The molecule has 1 aliphatic heterocycles. The van der Waals surface area contributed by atoms with Gasteiger partial charge in [-0.05, 0) is 31.0 Å². The number of nitrogens with zero attached hydrogens (tertiary/aromatic N) is 3. The summed E-state index contributed by atoms with van der Waals surface area (Å²) in [5, 5.41) is 0. The molecule has 0 radical (unpaired) electrons. The predicted molar refractivity (Wildman–Crippen MR) is 80.5 cm³/mol. The van der Waals surface area contributed by atoms with E-state index in [1.165, 1.54) is 5.56 Å². The Morgan fingerprint density at radius 3 is 2.63 bits per heavy atom. The van der Waals surface area contributed by atoms with E-state index in [2.05, 4.69) is 34.7 Å². The molecule has 1 saturated heterocycles. The summed E-state index contributed by atoms with van der Waals surface area (Å²) in [6, 6.07) is 4.42. The number of hydrogen-bond acceptors (Lipinski definition) is 4. The quantitative estimate of drug-likeness (QED) is 0.873. The first-order valence-electron chi connectivity index (χ1n) is 7.41. The molecular weight excluding hydrogens is 236 g/mol. The van der Waals surface area contributed by atoms with Crippen LogP contribution in [0, 0.1) is 0 Å². The highest BCUT2D eigenvalue weighted by atomic mass is 15.3. The normalized spacial score (nSPS) is 18.6. The molecule has 1 fully saturated rings. The average molecular weight is 262 g/mol. The van der Waals surface area contributed by atoms with Crippen molar-refractivity contribution in [3.8, 4) is 0 Å². The lowest BCUT2D eigenvalue weighted by molar-refractivity contribution is 0.270. The minimum atomic E-state index is 0.236. The van der Waals surface area contributed by atoms with Crippen LogP contribution in [-0.4, -0.2) is 48.6 Å². The molecule has 106 valence electrons. The highest BCUT2D eigenvalue weighted by Gasteiger charge is 2.19. The van der Waals surface area contributed by atoms with E-state index < -0.39 is 0 Å². The van der Waals surface area contributed by atoms with Crippen molar-refractivity contribution in [2.45, 2.75) is 32.7 Å². The van der Waals surface area contributed by atoms with Gasteiger partial charge in [-0.1, -0.05) is 19.9 Å². The molecule has 0 saturated carbocycles. The maximum absolute atomic E-state index is 6.09. The molecule has 2 rings (SSSR count). The lowest BCUT2D eigenvalue weighted by atomic mass is 10.0. The van der Waals surface area contributed by atoms with Crippen LogP contribution in [0.3, 0.4) is 0 Å². The Morgan fingerprint density at radius 2 is 2.00 bits per heavy atom. The van der Waals surface area contributed by atoms with E-state index >= 15 is 0 Å². The Hall–Kier alpha value is -1.13. The van der Waals surface area contributed by atoms with E-state index in [0.717, 1.165) is 51.4 Å². The monoisotopic (exact) mass is 262 g/mol. The van der Waals surface area contributed by atoms with E-state index in [-0.39, 0.29) is 6.04 Å². The largest absolute Gasteiger partial charge is 0.354 e. The summed E-state index contributed by atoms with van der Waals surface area (Å²) in [6.07, 6.45) is 3.83. The van der Waals surface area contributed by atoms with Crippen LogP contribution in [-0.2, 0) is 6.42 Å². The third kappa shape index (κ3) is 3.67. The maximum Gasteiger partial charge on any atom is 0.131 e. The molecule has 1 atom stereocenters. The second-order valence-corrected chi connectivity index (χ2v) is 5.28. The molecule has 1 aromatic heterocycles. The molecule has 1 aromatic rings. The van der Waals surface area contributed by atoms with E-state index in [1.807, 2.05) is 12.3 Å². The molecule has 2 N–H and O–H groups in total. The van der Waals surface area contributed by atoms with Crippen LogP contribution in [0.4, 0.5) is 5.82 Å². The lowest BCUT2D eigenvalue weighted by Crippen LogP contribution is -2.46. The molecule has 0 amide bonds. The Bertz CT molecular complexity index is 385. The van der Waals surface area contributed by atoms with Gasteiger partial charge in [0.1, 0.15) is 5.82 Å². The summed E-state index contributed by atoms with van der Waals surface area (Å²) in [4.78, 5) is 9.48. The number of anilines is 1. The maximum atomic E-state index is 6.09. The number of aromatic nitrogens is 1. The number of rotatable bonds is 5. The first kappa shape index (κ1) is 14.3. The summed E-state index contributed by atoms with van der Waals surface area (Å²) >= 11 is 0. The summed E-state index contributed by atoms with van der Waals surface area (Å²) in [5.74, 6) is 1.14. The number of likely N-dealkylation sites (N-methyl/N-ethyl adjacent to an activating group) is 1. The van der Waals surface area contributed by atoms with Crippen molar-refractivity contribution in [2.24, 2.45) is 5.73 Å². The summed E-state index contributed by atoms with van der Waals surface area (Å²) in [6.45, 7) is 9.91. The highest BCUT2D eigenvalue weighted by molar-refractivity contribution is 5.47. The fourth-order valence-electron chi connectivity index (χ4n) is 2.58. The summed E-state index contributed by atoms with van der Waals surface area (Å²) in [7, 11) is 0. The van der Waals surface area contributed by atoms with Crippen LogP contribution in [0.5, 0.6) is 0 Å². The first-order valence-corrected chi connectivity index (χ1v) is 7.41. The van der Waals surface area contributed by atoms with E-state index in [0.29, 0.717) is 0 Å². The standard InChI is InChI=1S/C15H26N4/c1-3-14(16)12-13-6-5-7-17-15(13)19-10-8-18(4-2)9-11-19/h5-7,14H,3-4,8-12,16H2,1-2H3. The van der Waals surface area contributed by atoms with Gasteiger partial charge in [0.15, 0.2) is 0 Å². The van der Waals surface area contributed by atoms with Gasteiger partial charge in [-0.25, -0.2) is 4.98 Å². The average Bonchev–Trinajstić information content (AvgIpc) is 2.48. The second-order valence-electron chi connectivity index (χ2n) is 5.28. The van der Waals surface area contributed by atoms with Crippen molar-refractivity contribution in [3.63, 3.8) is 0 Å². The number of hydrogen-bond donors (Lipinski definition) is 1. The van der Waals surface area contributed by atoms with Crippen LogP contribution in [0.1, 0.15) is 25.8 Å². The number of nitrogens with two attached hydrogens (primary N) is 1. The van der Waals surface area contributed by atoms with Crippen LogP contribution in [0.25, 0.3) is 0 Å². The molecule has 4 heteroatoms. The SMILES string of the molecule is CCC(N)Cc1cccnc1N1CCN(CC)CC1. The zero-order chi connectivity index (χ0) is 13.7. The molecular formula is C15H26N4. The molecule has 0 spiro atoms. The third-order valence-corrected chi connectivity index (χ3v) is 3.99. The van der Waals surface area contributed by atoms with Crippen molar-refractivity contribution in [3.05, 3.63) is 23.9 Å². The Balaban J connectivity index is 2.07. The van der Waals surface area contributed by atoms with Gasteiger partial charge in [0, 0.05) is 38.4 Å². The first-order chi connectivity index (χ1) is 9.24. The van der Waals surface area contributed by atoms with Gasteiger partial charge in [-0.3, -0.25) is 0 Å².